The molecule has 1 aromatic heterocycles. The molecular weight excluding hydrogens is 374 g/mol. The Bertz CT molecular complexity index is 792. The monoisotopic (exact) mass is 405 g/mol. The van der Waals surface area contributed by atoms with E-state index in [1.807, 2.05) is 20.8 Å². The fraction of sp³-hybridized carbons (Fsp3) is 0.450. The summed E-state index contributed by atoms with van der Waals surface area (Å²) < 4.78 is 11.3. The van der Waals surface area contributed by atoms with E-state index in [4.69, 9.17) is 5.14 Å². The minimum Gasteiger partial charge on any atom is -0.357 e. The fourth-order valence-corrected chi connectivity index (χ4v) is 3.11. The average molecular weight is 406 g/mol. The molecule has 1 amide bonds. The summed E-state index contributed by atoms with van der Waals surface area (Å²) in [5, 5.41) is 8.22. The zero-order chi connectivity index (χ0) is 21.1. The van der Waals surface area contributed by atoms with Crippen LogP contribution in [0.15, 0.2) is 35.5 Å². The highest BCUT2D eigenvalue weighted by molar-refractivity contribution is 7.82. The van der Waals surface area contributed by atoms with Gasteiger partial charge < -0.3 is 10.2 Å². The van der Waals surface area contributed by atoms with Crippen LogP contribution in [0.2, 0.25) is 0 Å². The molecule has 3 N–H and O–H groups in total. The van der Waals surface area contributed by atoms with Crippen LogP contribution >= 0.6 is 0 Å². The van der Waals surface area contributed by atoms with Crippen LogP contribution in [0.4, 0.5) is 11.5 Å². The quantitative estimate of drug-likeness (QED) is 0.698. The average Bonchev–Trinajstić information content (AvgIpc) is 2.70. The smallest absolute Gasteiger partial charge is 0.274 e. The summed E-state index contributed by atoms with van der Waals surface area (Å²) in [6.07, 6.45) is 3.41. The van der Waals surface area contributed by atoms with Crippen molar-refractivity contribution in [3.05, 3.63) is 41.9 Å². The summed E-state index contributed by atoms with van der Waals surface area (Å²) >= 11 is 0. The van der Waals surface area contributed by atoms with Gasteiger partial charge in [0.05, 0.1) is 4.90 Å². The van der Waals surface area contributed by atoms with Crippen molar-refractivity contribution < 1.29 is 9.00 Å². The van der Waals surface area contributed by atoms with E-state index in [1.54, 1.807) is 24.3 Å². The Morgan fingerprint density at radius 1 is 1.14 bits per heavy atom. The third-order valence-electron chi connectivity index (χ3n) is 3.87. The second-order valence-corrected chi connectivity index (χ2v) is 7.04. The van der Waals surface area contributed by atoms with Gasteiger partial charge in [-0.2, -0.15) is 0 Å². The molecule has 0 fully saturated rings. The Morgan fingerprint density at radius 3 is 2.32 bits per heavy atom. The molecule has 28 heavy (non-hydrogen) atoms. The van der Waals surface area contributed by atoms with Crippen LogP contribution in [0.3, 0.4) is 0 Å². The van der Waals surface area contributed by atoms with Crippen molar-refractivity contribution in [1.29, 1.82) is 0 Å². The molecule has 8 heteroatoms. The van der Waals surface area contributed by atoms with Gasteiger partial charge in [0.15, 0.2) is 0 Å². The van der Waals surface area contributed by atoms with Gasteiger partial charge in [-0.25, -0.2) is 19.3 Å². The molecule has 7 nitrogen and oxygen atoms in total. The van der Waals surface area contributed by atoms with Gasteiger partial charge >= 0.3 is 0 Å². The van der Waals surface area contributed by atoms with Gasteiger partial charge in [0.2, 0.25) is 0 Å². The molecule has 154 valence electrons. The minimum atomic E-state index is -1.55. The zero-order valence-electron chi connectivity index (χ0n) is 17.4. The van der Waals surface area contributed by atoms with Gasteiger partial charge in [-0.1, -0.05) is 27.7 Å². The van der Waals surface area contributed by atoms with E-state index >= 15 is 0 Å². The van der Waals surface area contributed by atoms with Crippen molar-refractivity contribution in [3.8, 4) is 0 Å². The predicted octanol–water partition coefficient (Wildman–Crippen LogP) is 3.67. The zero-order valence-corrected chi connectivity index (χ0v) is 18.2. The number of hydrogen-bond donors (Lipinski definition) is 2. The molecule has 0 aliphatic heterocycles. The van der Waals surface area contributed by atoms with Crippen LogP contribution in [-0.2, 0) is 11.0 Å². The maximum Gasteiger partial charge on any atom is 0.274 e. The molecule has 2 aromatic rings. The van der Waals surface area contributed by atoms with Crippen LogP contribution in [0, 0.1) is 6.92 Å². The van der Waals surface area contributed by atoms with Crippen LogP contribution in [-0.4, -0.2) is 33.2 Å². The van der Waals surface area contributed by atoms with Gasteiger partial charge in [-0.3, -0.25) is 4.79 Å². The summed E-state index contributed by atoms with van der Waals surface area (Å²) in [4.78, 5) is 23.6. The Labute approximate surface area is 170 Å². The SMILES string of the molecule is CC.CCCN(CCC)c1cc(C(=O)Nc2ccc(S(N)=O)cc2C)ncn1. The molecule has 0 spiro atoms. The van der Waals surface area contributed by atoms with Crippen LogP contribution in [0.1, 0.15) is 56.6 Å². The number of nitrogens with zero attached hydrogens (tertiary/aromatic N) is 3. The molecule has 1 aromatic carbocycles. The number of aryl methyl sites for hydroxylation is 1. The maximum absolute atomic E-state index is 12.6. The van der Waals surface area contributed by atoms with Crippen molar-refractivity contribution >= 4 is 28.4 Å². The number of amides is 1. The normalized spacial score (nSPS) is 11.2. The first-order valence-corrected chi connectivity index (χ1v) is 10.8. The molecule has 0 radical (unpaired) electrons. The van der Waals surface area contributed by atoms with E-state index in [9.17, 15) is 9.00 Å². The minimum absolute atomic E-state index is 0.304. The molecule has 1 unspecified atom stereocenters. The Kier molecular flexibility index (Phi) is 10.3. The lowest BCUT2D eigenvalue weighted by Crippen LogP contribution is -2.26. The lowest BCUT2D eigenvalue weighted by molar-refractivity contribution is 0.102. The summed E-state index contributed by atoms with van der Waals surface area (Å²) in [5.74, 6) is 0.436. The molecule has 1 heterocycles. The topological polar surface area (TPSA) is 101 Å². The Hall–Kier alpha value is -2.32. The highest BCUT2D eigenvalue weighted by Gasteiger charge is 2.14. The number of nitrogens with one attached hydrogen (secondary N) is 1. The number of hydrogen-bond acceptors (Lipinski definition) is 5. The Morgan fingerprint density at radius 2 is 1.79 bits per heavy atom. The first kappa shape index (κ1) is 23.7. The molecule has 0 aliphatic rings. The summed E-state index contributed by atoms with van der Waals surface area (Å²) in [5.41, 5.74) is 1.71. The summed E-state index contributed by atoms with van der Waals surface area (Å²) in [7, 11) is -1.55. The number of aromatic nitrogens is 2. The highest BCUT2D eigenvalue weighted by Crippen LogP contribution is 2.19. The van der Waals surface area contributed by atoms with Gasteiger partial charge in [0.1, 0.15) is 28.8 Å². The van der Waals surface area contributed by atoms with Gasteiger partial charge in [-0.15, -0.1) is 0 Å². The lowest BCUT2D eigenvalue weighted by Gasteiger charge is -2.22. The number of nitrogens with two attached hydrogens (primary N) is 1. The third kappa shape index (κ3) is 6.69. The molecule has 0 bridgehead atoms. The van der Waals surface area contributed by atoms with Crippen molar-refractivity contribution in [2.75, 3.05) is 23.3 Å². The third-order valence-corrected chi connectivity index (χ3v) is 4.59. The predicted molar refractivity (Wildman–Crippen MR) is 116 cm³/mol. The van der Waals surface area contributed by atoms with Crippen LogP contribution < -0.4 is 15.4 Å². The fourth-order valence-electron chi connectivity index (χ4n) is 2.61. The van der Waals surface area contributed by atoms with Crippen molar-refractivity contribution in [3.63, 3.8) is 0 Å². The van der Waals surface area contributed by atoms with E-state index in [2.05, 4.69) is 34.0 Å². The lowest BCUT2D eigenvalue weighted by atomic mass is 10.2. The number of benzene rings is 1. The molecular formula is C20H31N5O2S. The van der Waals surface area contributed by atoms with E-state index in [-0.39, 0.29) is 5.91 Å². The standard InChI is InChI=1S/C18H25N5O2S.C2H6/c1-4-8-23(9-5-2)17-11-16(20-12-21-17)18(24)22-15-7-6-14(26(19)25)10-13(15)3;1-2/h6-7,10-12H,4-5,8-9,19H2,1-3H3,(H,22,24);1-2H3. The molecule has 2 rings (SSSR count). The first-order valence-electron chi connectivity index (χ1n) is 9.61. The molecule has 0 saturated heterocycles. The second-order valence-electron chi connectivity index (χ2n) is 5.98. The van der Waals surface area contributed by atoms with Crippen molar-refractivity contribution in [2.24, 2.45) is 5.14 Å². The molecule has 0 saturated carbocycles. The number of carbonyl (C=O) groups is 1. The van der Waals surface area contributed by atoms with Crippen LogP contribution in [0.5, 0.6) is 0 Å². The van der Waals surface area contributed by atoms with Crippen molar-refractivity contribution in [1.82, 2.24) is 9.97 Å². The van der Waals surface area contributed by atoms with Gasteiger partial charge in [-0.05, 0) is 43.5 Å². The van der Waals surface area contributed by atoms with Crippen LogP contribution in [0.25, 0.3) is 0 Å². The van der Waals surface area contributed by atoms with E-state index in [0.717, 1.165) is 37.3 Å². The number of carbonyl (C=O) groups excluding carboxylic acids is 1. The van der Waals surface area contributed by atoms with E-state index in [1.165, 1.54) is 6.33 Å². The second kappa shape index (κ2) is 12.2. The Balaban J connectivity index is 0.00000190. The van der Waals surface area contributed by atoms with Gasteiger partial charge in [0.25, 0.3) is 5.91 Å². The molecule has 0 aliphatic carbocycles. The summed E-state index contributed by atoms with van der Waals surface area (Å²) in [6, 6.07) is 6.73. The van der Waals surface area contributed by atoms with E-state index < -0.39 is 11.0 Å². The molecule has 1 atom stereocenters. The number of anilines is 2. The summed E-state index contributed by atoms with van der Waals surface area (Å²) in [6.45, 7) is 11.8. The maximum atomic E-state index is 12.6. The number of rotatable bonds is 8. The largest absolute Gasteiger partial charge is 0.357 e. The highest BCUT2D eigenvalue weighted by atomic mass is 32.2. The first-order chi connectivity index (χ1) is 13.5. The van der Waals surface area contributed by atoms with Gasteiger partial charge in [0, 0.05) is 24.8 Å². The van der Waals surface area contributed by atoms with E-state index in [0.29, 0.717) is 16.3 Å². The van der Waals surface area contributed by atoms with Crippen molar-refractivity contribution in [2.45, 2.75) is 52.4 Å².